The van der Waals surface area contributed by atoms with Gasteiger partial charge in [0, 0.05) is 95.9 Å². The van der Waals surface area contributed by atoms with Gasteiger partial charge in [-0.15, -0.1) is 0 Å². The van der Waals surface area contributed by atoms with Crippen LogP contribution in [0.4, 0.5) is 11.4 Å². The second-order valence-corrected chi connectivity index (χ2v) is 17.3. The first-order valence-electron chi connectivity index (χ1n) is 20.3. The Hall–Kier alpha value is -5.13. The van der Waals surface area contributed by atoms with Crippen LogP contribution in [0.15, 0.2) is 54.6 Å². The number of likely N-dealkylation sites (N-methyl/N-ethyl adjacent to an activating group) is 2. The molecule has 59 heavy (non-hydrogen) atoms. The van der Waals surface area contributed by atoms with Gasteiger partial charge < -0.3 is 29.5 Å². The third-order valence-corrected chi connectivity index (χ3v) is 13.2. The molecule has 0 bridgehead atoms. The number of hydrogen-bond acceptors (Lipinski definition) is 11. The Balaban J connectivity index is 0.000000180. The van der Waals surface area contributed by atoms with Gasteiger partial charge in [0.05, 0.1) is 21.7 Å². The van der Waals surface area contributed by atoms with Crippen LogP contribution >= 0.6 is 11.6 Å². The quantitative estimate of drug-likeness (QED) is 0.208. The SMILES string of the molecule is CNC(=O)C(CCC=O)N1C(=O)c2cc3c(cc2C1=O)CN(CC1(OC)CN(C)C1)C3.C[C@H]1CC2(CCN(c3ccc(C=O)cc3)CC2)CN1c1ccc(C#N)c(Cl)c1. The lowest BCUT2D eigenvalue weighted by atomic mass is 9.76. The maximum Gasteiger partial charge on any atom is 0.262 e. The largest absolute Gasteiger partial charge is 0.374 e. The third kappa shape index (κ3) is 8.37. The van der Waals surface area contributed by atoms with E-state index in [4.69, 9.17) is 21.6 Å². The molecule has 0 saturated carbocycles. The van der Waals surface area contributed by atoms with Gasteiger partial charge in [-0.05, 0) is 111 Å². The van der Waals surface area contributed by atoms with Gasteiger partial charge in [0.15, 0.2) is 0 Å². The Morgan fingerprint density at radius 1 is 0.983 bits per heavy atom. The molecule has 13 nitrogen and oxygen atoms in total. The molecule has 3 aromatic rings. The number of carbonyl (C=O) groups is 5. The number of rotatable bonds is 11. The zero-order chi connectivity index (χ0) is 42.1. The summed E-state index contributed by atoms with van der Waals surface area (Å²) in [4.78, 5) is 70.5. The number of nitriles is 1. The summed E-state index contributed by atoms with van der Waals surface area (Å²) in [6.07, 6.45) is 5.27. The van der Waals surface area contributed by atoms with Crippen molar-refractivity contribution < 1.29 is 28.7 Å². The molecule has 3 fully saturated rings. The topological polar surface area (TPSA) is 147 Å². The molecule has 0 aliphatic carbocycles. The number of nitrogens with zero attached hydrogens (tertiary/aromatic N) is 6. The second kappa shape index (κ2) is 17.2. The molecule has 3 aromatic carbocycles. The molecular formula is C45H52ClN7O6. The molecule has 3 amide bonds. The number of nitrogens with one attached hydrogen (secondary N) is 1. The van der Waals surface area contributed by atoms with E-state index >= 15 is 0 Å². The Morgan fingerprint density at radius 2 is 1.61 bits per heavy atom. The van der Waals surface area contributed by atoms with Crippen LogP contribution in [0.3, 0.4) is 0 Å². The maximum atomic E-state index is 13.1. The summed E-state index contributed by atoms with van der Waals surface area (Å²) in [5, 5.41) is 12.1. The molecule has 5 aliphatic rings. The van der Waals surface area contributed by atoms with Crippen molar-refractivity contribution in [3.05, 3.63) is 93.0 Å². The number of carbonyl (C=O) groups excluding carboxylic acids is 5. The van der Waals surface area contributed by atoms with Crippen molar-refractivity contribution in [3.8, 4) is 6.07 Å². The van der Waals surface area contributed by atoms with E-state index in [2.05, 4.69) is 45.0 Å². The van der Waals surface area contributed by atoms with Crippen LogP contribution in [0.2, 0.25) is 5.02 Å². The number of aldehydes is 2. The van der Waals surface area contributed by atoms with Crippen molar-refractivity contribution >= 4 is 53.3 Å². The second-order valence-electron chi connectivity index (χ2n) is 16.9. The average Bonchev–Trinajstić information content (AvgIpc) is 3.86. The highest BCUT2D eigenvalue weighted by molar-refractivity contribution is 6.32. The van der Waals surface area contributed by atoms with Crippen LogP contribution in [0.1, 0.15) is 86.8 Å². The summed E-state index contributed by atoms with van der Waals surface area (Å²) in [6, 6.07) is 18.8. The zero-order valence-corrected chi connectivity index (χ0v) is 35.0. The molecule has 1 unspecified atom stereocenters. The van der Waals surface area contributed by atoms with Gasteiger partial charge in [-0.25, -0.2) is 0 Å². The summed E-state index contributed by atoms with van der Waals surface area (Å²) in [5.41, 5.74) is 6.41. The van der Waals surface area contributed by atoms with E-state index in [1.807, 2.05) is 42.5 Å². The molecule has 3 saturated heterocycles. The van der Waals surface area contributed by atoms with Gasteiger partial charge in [-0.1, -0.05) is 11.6 Å². The molecule has 0 aromatic heterocycles. The summed E-state index contributed by atoms with van der Waals surface area (Å²) in [5.74, 6) is -1.41. The maximum absolute atomic E-state index is 13.1. The van der Waals surface area contributed by atoms with E-state index in [0.29, 0.717) is 52.5 Å². The van der Waals surface area contributed by atoms with Crippen molar-refractivity contribution in [2.24, 2.45) is 5.41 Å². The van der Waals surface area contributed by atoms with Crippen molar-refractivity contribution in [3.63, 3.8) is 0 Å². The smallest absolute Gasteiger partial charge is 0.262 e. The van der Waals surface area contributed by atoms with E-state index in [9.17, 15) is 24.0 Å². The van der Waals surface area contributed by atoms with E-state index in [-0.39, 0.29) is 18.4 Å². The fourth-order valence-electron chi connectivity index (χ4n) is 9.83. The van der Waals surface area contributed by atoms with Gasteiger partial charge >= 0.3 is 0 Å². The molecule has 14 heteroatoms. The highest BCUT2D eigenvalue weighted by Gasteiger charge is 2.47. The first-order valence-corrected chi connectivity index (χ1v) is 20.7. The number of anilines is 2. The van der Waals surface area contributed by atoms with Gasteiger partial charge in [0.25, 0.3) is 11.8 Å². The molecule has 5 heterocycles. The Morgan fingerprint density at radius 3 is 2.14 bits per heavy atom. The number of methoxy groups -OCH3 is 1. The van der Waals surface area contributed by atoms with E-state index in [1.54, 1.807) is 19.2 Å². The number of fused-ring (bicyclic) bond motifs is 2. The van der Waals surface area contributed by atoms with Crippen LogP contribution in [-0.4, -0.2) is 123 Å². The van der Waals surface area contributed by atoms with Gasteiger partial charge in [-0.2, -0.15) is 5.26 Å². The molecule has 0 radical (unpaired) electrons. The summed E-state index contributed by atoms with van der Waals surface area (Å²) in [7, 11) is 5.25. The van der Waals surface area contributed by atoms with Crippen molar-refractivity contribution in [1.82, 2.24) is 20.0 Å². The number of amides is 3. The minimum Gasteiger partial charge on any atom is -0.374 e. The number of halogens is 1. The highest BCUT2D eigenvalue weighted by Crippen LogP contribution is 2.46. The summed E-state index contributed by atoms with van der Waals surface area (Å²) in [6.45, 7) is 9.29. The minimum absolute atomic E-state index is 0.0907. The molecule has 1 N–H and O–H groups in total. The molecular weight excluding hydrogens is 770 g/mol. The average molecular weight is 822 g/mol. The first-order chi connectivity index (χ1) is 28.4. The van der Waals surface area contributed by atoms with Crippen LogP contribution < -0.4 is 15.1 Å². The fraction of sp³-hybridized carbons (Fsp3) is 0.467. The van der Waals surface area contributed by atoms with Gasteiger partial charge in [0.1, 0.15) is 30.3 Å². The lowest BCUT2D eigenvalue weighted by Gasteiger charge is -2.49. The van der Waals surface area contributed by atoms with Crippen molar-refractivity contribution in [2.45, 2.75) is 69.8 Å². The van der Waals surface area contributed by atoms with Crippen LogP contribution in [0, 0.1) is 16.7 Å². The van der Waals surface area contributed by atoms with Crippen molar-refractivity contribution in [2.75, 3.05) is 70.3 Å². The molecule has 2 atom stereocenters. The Kier molecular flexibility index (Phi) is 12.3. The predicted molar refractivity (Wildman–Crippen MR) is 225 cm³/mol. The zero-order valence-electron chi connectivity index (χ0n) is 34.2. The standard InChI is InChI=1S/C23H24ClN3O.C22H28N4O5/c1-17-13-23(16-27(17)21-7-4-19(14-25)22(24)12-21)8-10-26(11-9-23)20-5-2-18(15-28)3-6-20;1-23-19(28)18(5-4-6-27)26-20(29)16-7-14-9-25(10-15(14)8-17(16)21(26)30)13-22(31-3)11-24(2)12-22/h2-7,12,15,17H,8-11,13,16H2,1H3;6-8,18H,4-5,9-13H2,1-3H3,(H,23,28)/t17-;/m0./s1. The lowest BCUT2D eigenvalue weighted by Crippen LogP contribution is -2.65. The lowest BCUT2D eigenvalue weighted by molar-refractivity contribution is -0.129. The monoisotopic (exact) mass is 821 g/mol. The number of piperidine rings is 1. The normalized spacial score (nSPS) is 20.9. The van der Waals surface area contributed by atoms with E-state index in [0.717, 1.165) is 85.7 Å². The fourth-order valence-corrected chi connectivity index (χ4v) is 10.1. The van der Waals surface area contributed by atoms with Gasteiger partial charge in [0.2, 0.25) is 5.91 Å². The molecule has 1 spiro atoms. The number of likely N-dealkylation sites (tertiary alicyclic amines) is 1. The first kappa shape index (κ1) is 42.0. The predicted octanol–water partition coefficient (Wildman–Crippen LogP) is 4.93. The van der Waals surface area contributed by atoms with Crippen molar-refractivity contribution in [1.29, 1.82) is 5.26 Å². The highest BCUT2D eigenvalue weighted by atomic mass is 35.5. The number of benzene rings is 3. The van der Waals surface area contributed by atoms with E-state index in [1.165, 1.54) is 19.2 Å². The minimum atomic E-state index is -0.994. The van der Waals surface area contributed by atoms with E-state index < -0.39 is 23.8 Å². The number of imide groups is 1. The number of ether oxygens (including phenoxy) is 1. The molecule has 310 valence electrons. The third-order valence-electron chi connectivity index (χ3n) is 12.9. The summed E-state index contributed by atoms with van der Waals surface area (Å²) < 4.78 is 5.76. The number of hydrogen-bond donors (Lipinski definition) is 1. The van der Waals surface area contributed by atoms with Crippen LogP contribution in [0.5, 0.6) is 0 Å². The van der Waals surface area contributed by atoms with Crippen LogP contribution in [-0.2, 0) is 27.4 Å². The Labute approximate surface area is 350 Å². The van der Waals surface area contributed by atoms with Gasteiger partial charge in [-0.3, -0.25) is 29.0 Å². The van der Waals surface area contributed by atoms with Crippen LogP contribution in [0.25, 0.3) is 0 Å². The molecule has 5 aliphatic heterocycles. The molecule has 8 rings (SSSR count). The summed E-state index contributed by atoms with van der Waals surface area (Å²) >= 11 is 6.26. The Bertz CT molecular complexity index is 2110.